The van der Waals surface area contributed by atoms with Crippen molar-refractivity contribution in [1.29, 1.82) is 0 Å². The first kappa shape index (κ1) is 22.0. The lowest BCUT2D eigenvalue weighted by Gasteiger charge is -2.29. The van der Waals surface area contributed by atoms with E-state index in [1.54, 1.807) is 18.7 Å². The van der Waals surface area contributed by atoms with E-state index in [2.05, 4.69) is 31.2 Å². The average molecular weight is 408 g/mol. The van der Waals surface area contributed by atoms with Gasteiger partial charge in [-0.05, 0) is 43.4 Å². The number of nitrogens with zero attached hydrogens (tertiary/aromatic N) is 2. The first-order valence-electron chi connectivity index (χ1n) is 10.8. The highest BCUT2D eigenvalue weighted by Gasteiger charge is 2.36. The van der Waals surface area contributed by atoms with Gasteiger partial charge < -0.3 is 15.5 Å². The lowest BCUT2D eigenvalue weighted by atomic mass is 9.91. The van der Waals surface area contributed by atoms with Crippen molar-refractivity contribution < 1.29 is 9.59 Å². The van der Waals surface area contributed by atoms with Crippen LogP contribution in [-0.2, 0) is 16.0 Å². The molecule has 0 aromatic heterocycles. The number of amides is 2. The van der Waals surface area contributed by atoms with Crippen LogP contribution in [0.1, 0.15) is 32.8 Å². The molecule has 0 bridgehead atoms. The van der Waals surface area contributed by atoms with Gasteiger partial charge in [0.2, 0.25) is 11.8 Å². The monoisotopic (exact) mass is 407 g/mol. The zero-order chi connectivity index (χ0) is 21.7. The SMILES string of the molecule is CCCN1CCN(C(=O)C(C)(C)N)C[C@@H](Cc2ccccc2-c2ccccc2)C1=O. The summed E-state index contributed by atoms with van der Waals surface area (Å²) in [4.78, 5) is 30.0. The predicted molar refractivity (Wildman–Crippen MR) is 121 cm³/mol. The van der Waals surface area contributed by atoms with Gasteiger partial charge in [0.05, 0.1) is 11.5 Å². The van der Waals surface area contributed by atoms with Crippen molar-refractivity contribution >= 4 is 11.8 Å². The Kier molecular flexibility index (Phi) is 6.93. The van der Waals surface area contributed by atoms with Crippen LogP contribution in [0.3, 0.4) is 0 Å². The smallest absolute Gasteiger partial charge is 0.242 e. The van der Waals surface area contributed by atoms with E-state index in [0.717, 1.165) is 23.1 Å². The highest BCUT2D eigenvalue weighted by molar-refractivity contribution is 5.87. The minimum atomic E-state index is -0.949. The van der Waals surface area contributed by atoms with Crippen molar-refractivity contribution in [2.75, 3.05) is 26.2 Å². The second-order valence-electron chi connectivity index (χ2n) is 8.72. The maximum absolute atomic E-state index is 13.4. The third-order valence-electron chi connectivity index (χ3n) is 5.64. The number of carbonyl (C=O) groups is 2. The van der Waals surface area contributed by atoms with Gasteiger partial charge >= 0.3 is 0 Å². The largest absolute Gasteiger partial charge is 0.341 e. The molecule has 1 atom stereocenters. The molecule has 2 aromatic carbocycles. The van der Waals surface area contributed by atoms with Gasteiger partial charge in [0, 0.05) is 26.2 Å². The Morgan fingerprint density at radius 1 is 1.07 bits per heavy atom. The van der Waals surface area contributed by atoms with E-state index < -0.39 is 5.54 Å². The lowest BCUT2D eigenvalue weighted by Crippen LogP contribution is -2.52. The Morgan fingerprint density at radius 2 is 1.73 bits per heavy atom. The van der Waals surface area contributed by atoms with Gasteiger partial charge in [0.25, 0.3) is 0 Å². The van der Waals surface area contributed by atoms with Gasteiger partial charge in [0.1, 0.15) is 0 Å². The quantitative estimate of drug-likeness (QED) is 0.799. The van der Waals surface area contributed by atoms with E-state index >= 15 is 0 Å². The van der Waals surface area contributed by atoms with Crippen molar-refractivity contribution in [2.45, 2.75) is 39.2 Å². The van der Waals surface area contributed by atoms with Crippen LogP contribution in [0.25, 0.3) is 11.1 Å². The molecule has 1 saturated heterocycles. The van der Waals surface area contributed by atoms with Crippen molar-refractivity contribution in [1.82, 2.24) is 9.80 Å². The van der Waals surface area contributed by atoms with Gasteiger partial charge in [-0.15, -0.1) is 0 Å². The van der Waals surface area contributed by atoms with E-state index in [1.165, 1.54) is 0 Å². The Hall–Kier alpha value is -2.66. The van der Waals surface area contributed by atoms with Crippen LogP contribution in [0.5, 0.6) is 0 Å². The van der Waals surface area contributed by atoms with Crippen LogP contribution in [0.2, 0.25) is 0 Å². The minimum absolute atomic E-state index is 0.102. The fourth-order valence-corrected chi connectivity index (χ4v) is 4.14. The molecular formula is C25H33N3O2. The fraction of sp³-hybridized carbons (Fsp3) is 0.440. The molecule has 1 aliphatic rings. The fourth-order valence-electron chi connectivity index (χ4n) is 4.14. The van der Waals surface area contributed by atoms with Crippen molar-refractivity contribution in [3.8, 4) is 11.1 Å². The minimum Gasteiger partial charge on any atom is -0.341 e. The van der Waals surface area contributed by atoms with Crippen LogP contribution in [0.4, 0.5) is 0 Å². The summed E-state index contributed by atoms with van der Waals surface area (Å²) in [6.07, 6.45) is 1.49. The number of nitrogens with two attached hydrogens (primary N) is 1. The summed E-state index contributed by atoms with van der Waals surface area (Å²) in [5.41, 5.74) is 8.54. The van der Waals surface area contributed by atoms with Gasteiger partial charge in [-0.1, -0.05) is 61.5 Å². The highest BCUT2D eigenvalue weighted by atomic mass is 16.2. The molecule has 5 heteroatoms. The molecule has 2 amide bonds. The van der Waals surface area contributed by atoms with Crippen LogP contribution in [-0.4, -0.2) is 53.3 Å². The van der Waals surface area contributed by atoms with E-state index in [-0.39, 0.29) is 17.7 Å². The molecule has 160 valence electrons. The first-order valence-corrected chi connectivity index (χ1v) is 10.8. The molecule has 0 aliphatic carbocycles. The molecule has 0 saturated carbocycles. The van der Waals surface area contributed by atoms with Gasteiger partial charge in [-0.25, -0.2) is 0 Å². The maximum Gasteiger partial charge on any atom is 0.242 e. The van der Waals surface area contributed by atoms with Gasteiger partial charge in [-0.2, -0.15) is 0 Å². The van der Waals surface area contributed by atoms with Crippen molar-refractivity contribution in [2.24, 2.45) is 11.7 Å². The predicted octanol–water partition coefficient (Wildman–Crippen LogP) is 3.33. The second-order valence-corrected chi connectivity index (χ2v) is 8.72. The highest BCUT2D eigenvalue weighted by Crippen LogP contribution is 2.27. The molecular weight excluding hydrogens is 374 g/mol. The summed E-state index contributed by atoms with van der Waals surface area (Å²) in [7, 11) is 0. The Balaban J connectivity index is 1.92. The summed E-state index contributed by atoms with van der Waals surface area (Å²) in [6.45, 7) is 7.74. The molecule has 2 aromatic rings. The van der Waals surface area contributed by atoms with Gasteiger partial charge in [0.15, 0.2) is 0 Å². The van der Waals surface area contributed by atoms with E-state index in [0.29, 0.717) is 32.6 Å². The van der Waals surface area contributed by atoms with Gasteiger partial charge in [-0.3, -0.25) is 9.59 Å². The molecule has 0 radical (unpaired) electrons. The summed E-state index contributed by atoms with van der Waals surface area (Å²) in [6, 6.07) is 18.4. The van der Waals surface area contributed by atoms with Crippen LogP contribution < -0.4 is 5.73 Å². The Labute approximate surface area is 179 Å². The van der Waals surface area contributed by atoms with Crippen LogP contribution >= 0.6 is 0 Å². The summed E-state index contributed by atoms with van der Waals surface area (Å²) in [5, 5.41) is 0. The molecule has 1 heterocycles. The molecule has 0 unspecified atom stereocenters. The standard InChI is InChI=1S/C25H33N3O2/c1-4-14-27-15-16-28(24(30)25(2,3)26)18-21(23(27)29)17-20-12-8-9-13-22(20)19-10-6-5-7-11-19/h5-13,21H,4,14-18,26H2,1-3H3/t21-/m1/s1. The number of benzene rings is 2. The molecule has 2 N–H and O–H groups in total. The van der Waals surface area contributed by atoms with E-state index in [1.807, 2.05) is 35.2 Å². The second kappa shape index (κ2) is 9.43. The summed E-state index contributed by atoms with van der Waals surface area (Å²) < 4.78 is 0. The van der Waals surface area contributed by atoms with Crippen molar-refractivity contribution in [3.63, 3.8) is 0 Å². The molecule has 30 heavy (non-hydrogen) atoms. The van der Waals surface area contributed by atoms with Crippen LogP contribution in [0, 0.1) is 5.92 Å². The zero-order valence-corrected chi connectivity index (χ0v) is 18.3. The van der Waals surface area contributed by atoms with E-state index in [9.17, 15) is 9.59 Å². The number of hydrogen-bond donors (Lipinski definition) is 1. The Bertz CT molecular complexity index is 873. The van der Waals surface area contributed by atoms with Crippen LogP contribution in [0.15, 0.2) is 54.6 Å². The maximum atomic E-state index is 13.4. The molecule has 5 nitrogen and oxygen atoms in total. The summed E-state index contributed by atoms with van der Waals surface area (Å²) in [5.74, 6) is -0.255. The molecule has 0 spiro atoms. The Morgan fingerprint density at radius 3 is 2.40 bits per heavy atom. The third-order valence-corrected chi connectivity index (χ3v) is 5.64. The number of carbonyl (C=O) groups excluding carboxylic acids is 2. The zero-order valence-electron chi connectivity index (χ0n) is 18.3. The normalized spacial score (nSPS) is 17.7. The topological polar surface area (TPSA) is 66.6 Å². The molecule has 1 aliphatic heterocycles. The number of hydrogen-bond acceptors (Lipinski definition) is 3. The molecule has 3 rings (SSSR count). The van der Waals surface area contributed by atoms with Crippen molar-refractivity contribution in [3.05, 3.63) is 60.2 Å². The number of rotatable bonds is 6. The lowest BCUT2D eigenvalue weighted by molar-refractivity contribution is -0.137. The molecule has 1 fully saturated rings. The average Bonchev–Trinajstić information content (AvgIpc) is 2.88. The summed E-state index contributed by atoms with van der Waals surface area (Å²) >= 11 is 0. The van der Waals surface area contributed by atoms with E-state index in [4.69, 9.17) is 5.73 Å². The first-order chi connectivity index (χ1) is 14.3. The third kappa shape index (κ3) is 5.08.